The first-order valence-electron chi connectivity index (χ1n) is 7.46. The van der Waals surface area contributed by atoms with Crippen LogP contribution in [0.5, 0.6) is 5.75 Å². The fourth-order valence-electron chi connectivity index (χ4n) is 1.90. The predicted molar refractivity (Wildman–Crippen MR) is 93.9 cm³/mol. The molecule has 0 saturated heterocycles. The highest BCUT2D eigenvalue weighted by molar-refractivity contribution is 7.78. The van der Waals surface area contributed by atoms with E-state index in [-0.39, 0.29) is 5.56 Å². The van der Waals surface area contributed by atoms with Crippen molar-refractivity contribution >= 4 is 23.1 Å². The average Bonchev–Trinajstić information content (AvgIpc) is 2.58. The summed E-state index contributed by atoms with van der Waals surface area (Å²) >= 11 is 4.36. The first kappa shape index (κ1) is 17.8. The summed E-state index contributed by atoms with van der Waals surface area (Å²) in [5, 5.41) is 1.95. The SMILES string of the molecule is CCCCOc1ccc(C#Cc2cc(F)c(N=C=S)c(F)c2)cc1. The topological polar surface area (TPSA) is 21.6 Å². The Morgan fingerprint density at radius 1 is 1.04 bits per heavy atom. The molecule has 0 atom stereocenters. The van der Waals surface area contributed by atoms with Crippen LogP contribution in [-0.2, 0) is 0 Å². The molecule has 0 aliphatic carbocycles. The van der Waals surface area contributed by atoms with Gasteiger partial charge in [0.25, 0.3) is 0 Å². The summed E-state index contributed by atoms with van der Waals surface area (Å²) in [5.41, 5.74) is 0.486. The van der Waals surface area contributed by atoms with Crippen LogP contribution < -0.4 is 4.74 Å². The zero-order valence-corrected chi connectivity index (χ0v) is 13.9. The molecule has 0 spiro atoms. The van der Waals surface area contributed by atoms with Crippen LogP contribution in [0, 0.1) is 23.5 Å². The lowest BCUT2D eigenvalue weighted by Gasteiger charge is -2.04. The van der Waals surface area contributed by atoms with E-state index in [1.807, 2.05) is 17.3 Å². The minimum absolute atomic E-state index is 0.219. The third-order valence-corrected chi connectivity index (χ3v) is 3.24. The van der Waals surface area contributed by atoms with Crippen molar-refractivity contribution < 1.29 is 13.5 Å². The number of thiocarbonyl (C=S) groups is 1. The quantitative estimate of drug-likeness (QED) is 0.319. The van der Waals surface area contributed by atoms with Gasteiger partial charge >= 0.3 is 0 Å². The summed E-state index contributed by atoms with van der Waals surface area (Å²) in [4.78, 5) is 3.36. The highest BCUT2D eigenvalue weighted by Crippen LogP contribution is 2.23. The lowest BCUT2D eigenvalue weighted by molar-refractivity contribution is 0.309. The number of aliphatic imine (C=N–C) groups is 1. The second kappa shape index (κ2) is 8.93. The number of benzene rings is 2. The molecule has 0 amide bonds. The van der Waals surface area contributed by atoms with E-state index in [4.69, 9.17) is 4.74 Å². The van der Waals surface area contributed by atoms with Gasteiger partial charge in [0.2, 0.25) is 0 Å². The van der Waals surface area contributed by atoms with Gasteiger partial charge in [0.1, 0.15) is 11.4 Å². The molecule has 0 fully saturated rings. The molecule has 5 heteroatoms. The maximum absolute atomic E-state index is 13.7. The Hall–Kier alpha value is -2.54. The van der Waals surface area contributed by atoms with Gasteiger partial charge in [0, 0.05) is 11.1 Å². The summed E-state index contributed by atoms with van der Waals surface area (Å²) in [5.74, 6) is 4.71. The average molecular weight is 343 g/mol. The van der Waals surface area contributed by atoms with Crippen molar-refractivity contribution in [1.29, 1.82) is 0 Å². The summed E-state index contributed by atoms with van der Waals surface area (Å²) in [6, 6.07) is 9.46. The molecule has 0 bridgehead atoms. The Balaban J connectivity index is 2.13. The van der Waals surface area contributed by atoms with Crippen LogP contribution in [0.3, 0.4) is 0 Å². The molecule has 2 rings (SSSR count). The normalized spacial score (nSPS) is 9.62. The molecule has 0 aliphatic rings. The zero-order valence-electron chi connectivity index (χ0n) is 13.1. The van der Waals surface area contributed by atoms with E-state index >= 15 is 0 Å². The second-order valence-corrected chi connectivity index (χ2v) is 5.15. The molecule has 2 aromatic carbocycles. The molecule has 0 radical (unpaired) electrons. The third-order valence-electron chi connectivity index (χ3n) is 3.15. The number of hydrogen-bond acceptors (Lipinski definition) is 3. The van der Waals surface area contributed by atoms with E-state index in [1.54, 1.807) is 12.1 Å². The molecule has 0 saturated carbocycles. The summed E-state index contributed by atoms with van der Waals surface area (Å²) in [7, 11) is 0. The monoisotopic (exact) mass is 343 g/mol. The smallest absolute Gasteiger partial charge is 0.153 e. The van der Waals surface area contributed by atoms with Gasteiger partial charge in [0.05, 0.1) is 11.8 Å². The van der Waals surface area contributed by atoms with Crippen molar-refractivity contribution in [2.75, 3.05) is 6.61 Å². The van der Waals surface area contributed by atoms with Gasteiger partial charge in [-0.1, -0.05) is 25.2 Å². The number of nitrogens with zero attached hydrogens (tertiary/aromatic N) is 1. The van der Waals surface area contributed by atoms with Gasteiger partial charge in [-0.05, 0) is 55.0 Å². The predicted octanol–water partition coefficient (Wildman–Crippen LogP) is 5.28. The van der Waals surface area contributed by atoms with E-state index < -0.39 is 17.3 Å². The first-order chi connectivity index (χ1) is 11.6. The van der Waals surface area contributed by atoms with Crippen LogP contribution in [0.25, 0.3) is 0 Å². The Morgan fingerprint density at radius 2 is 1.67 bits per heavy atom. The largest absolute Gasteiger partial charge is 0.494 e. The van der Waals surface area contributed by atoms with Gasteiger partial charge in [-0.2, -0.15) is 4.99 Å². The molecular formula is C19H15F2NOS. The Morgan fingerprint density at radius 3 is 2.25 bits per heavy atom. The van der Waals surface area contributed by atoms with Crippen molar-refractivity contribution in [3.8, 4) is 17.6 Å². The Bertz CT molecular complexity index is 792. The van der Waals surface area contributed by atoms with Crippen molar-refractivity contribution in [2.45, 2.75) is 19.8 Å². The van der Waals surface area contributed by atoms with Crippen LogP contribution in [0.1, 0.15) is 30.9 Å². The van der Waals surface area contributed by atoms with Crippen LogP contribution in [-0.4, -0.2) is 11.8 Å². The van der Waals surface area contributed by atoms with Crippen LogP contribution in [0.4, 0.5) is 14.5 Å². The molecule has 122 valence electrons. The molecule has 0 heterocycles. The lowest BCUT2D eigenvalue weighted by atomic mass is 10.1. The van der Waals surface area contributed by atoms with Crippen LogP contribution in [0.2, 0.25) is 0 Å². The van der Waals surface area contributed by atoms with Crippen molar-refractivity contribution in [2.24, 2.45) is 4.99 Å². The first-order valence-corrected chi connectivity index (χ1v) is 7.86. The van der Waals surface area contributed by atoms with Crippen molar-refractivity contribution in [3.63, 3.8) is 0 Å². The summed E-state index contributed by atoms with van der Waals surface area (Å²) in [6.07, 6.45) is 2.08. The summed E-state index contributed by atoms with van der Waals surface area (Å²) in [6.45, 7) is 2.78. The minimum Gasteiger partial charge on any atom is -0.494 e. The Kier molecular flexibility index (Phi) is 6.62. The molecule has 2 aromatic rings. The van der Waals surface area contributed by atoms with E-state index in [0.717, 1.165) is 36.3 Å². The van der Waals surface area contributed by atoms with Crippen molar-refractivity contribution in [1.82, 2.24) is 0 Å². The molecule has 0 unspecified atom stereocenters. The zero-order chi connectivity index (χ0) is 17.4. The maximum atomic E-state index is 13.7. The van der Waals surface area contributed by atoms with E-state index in [1.165, 1.54) is 0 Å². The number of rotatable bonds is 5. The second-order valence-electron chi connectivity index (χ2n) is 4.97. The van der Waals surface area contributed by atoms with E-state index in [0.29, 0.717) is 6.61 Å². The molecule has 0 N–H and O–H groups in total. The molecule has 2 nitrogen and oxygen atoms in total. The van der Waals surface area contributed by atoms with Gasteiger partial charge in [-0.3, -0.25) is 0 Å². The molecular weight excluding hydrogens is 328 g/mol. The van der Waals surface area contributed by atoms with Gasteiger partial charge in [0.15, 0.2) is 11.6 Å². The summed E-state index contributed by atoms with van der Waals surface area (Å²) < 4.78 is 33.0. The molecule has 0 aliphatic heterocycles. The number of isothiocyanates is 1. The maximum Gasteiger partial charge on any atom is 0.153 e. The highest BCUT2D eigenvalue weighted by Gasteiger charge is 2.09. The third kappa shape index (κ3) is 4.99. The van der Waals surface area contributed by atoms with Gasteiger partial charge < -0.3 is 4.74 Å². The number of halogens is 2. The highest BCUT2D eigenvalue weighted by atomic mass is 32.1. The fourth-order valence-corrected chi connectivity index (χ4v) is 1.99. The molecule has 0 aromatic heterocycles. The van der Waals surface area contributed by atoms with E-state index in [9.17, 15) is 8.78 Å². The minimum atomic E-state index is -0.823. The lowest BCUT2D eigenvalue weighted by Crippen LogP contribution is -1.95. The van der Waals surface area contributed by atoms with E-state index in [2.05, 4.69) is 36.0 Å². The Labute approximate surface area is 145 Å². The van der Waals surface area contributed by atoms with Crippen molar-refractivity contribution in [3.05, 3.63) is 59.2 Å². The van der Waals surface area contributed by atoms with Crippen LogP contribution in [0.15, 0.2) is 41.4 Å². The standard InChI is InChI=1S/C19H15F2NOS/c1-2-3-10-23-16-8-6-14(7-9-16)4-5-15-11-17(20)19(22-13-24)18(21)12-15/h6-9,11-12H,2-3,10H2,1H3. The van der Waals surface area contributed by atoms with Gasteiger partial charge in [-0.25, -0.2) is 8.78 Å². The van der Waals surface area contributed by atoms with Gasteiger partial charge in [-0.15, -0.1) is 0 Å². The number of unbranched alkanes of at least 4 members (excludes halogenated alkanes) is 1. The number of ether oxygens (including phenoxy) is 1. The number of hydrogen-bond donors (Lipinski definition) is 0. The van der Waals surface area contributed by atoms with Crippen LogP contribution >= 0.6 is 12.2 Å². The molecule has 24 heavy (non-hydrogen) atoms. The fraction of sp³-hybridized carbons (Fsp3) is 0.211.